The number of pyridine rings is 1. The summed E-state index contributed by atoms with van der Waals surface area (Å²) in [5.74, 6) is 0. The molecule has 0 aliphatic carbocycles. The fourth-order valence-corrected chi connectivity index (χ4v) is 1.40. The van der Waals surface area contributed by atoms with E-state index in [1.807, 2.05) is 18.3 Å². The standard InChI is InChI=1S/C9H12N4/c10-5-8-4-9(13-12-8)7-2-1-3-11-6-7/h1-3,6,9,13H,4-5,10H2. The summed E-state index contributed by atoms with van der Waals surface area (Å²) in [5, 5.41) is 4.13. The van der Waals surface area contributed by atoms with Gasteiger partial charge in [0.05, 0.1) is 11.8 Å². The molecule has 1 aromatic heterocycles. The third kappa shape index (κ3) is 1.67. The number of nitrogens with one attached hydrogen (secondary N) is 1. The van der Waals surface area contributed by atoms with Crippen molar-refractivity contribution in [3.63, 3.8) is 0 Å². The smallest absolute Gasteiger partial charge is 0.0757 e. The molecule has 0 saturated carbocycles. The molecule has 0 radical (unpaired) electrons. The van der Waals surface area contributed by atoms with Gasteiger partial charge in [0, 0.05) is 25.4 Å². The van der Waals surface area contributed by atoms with Gasteiger partial charge in [-0.2, -0.15) is 5.10 Å². The molecule has 4 nitrogen and oxygen atoms in total. The Kier molecular flexibility index (Phi) is 2.23. The summed E-state index contributed by atoms with van der Waals surface area (Å²) in [6, 6.07) is 4.23. The highest BCUT2D eigenvalue weighted by atomic mass is 15.3. The molecule has 13 heavy (non-hydrogen) atoms. The Bertz CT molecular complexity index is 307. The quantitative estimate of drug-likeness (QED) is 0.687. The molecule has 2 rings (SSSR count). The first-order valence-electron chi connectivity index (χ1n) is 4.31. The average Bonchev–Trinajstić information content (AvgIpc) is 2.67. The summed E-state index contributed by atoms with van der Waals surface area (Å²) in [5.41, 5.74) is 10.7. The fourth-order valence-electron chi connectivity index (χ4n) is 1.40. The highest BCUT2D eigenvalue weighted by molar-refractivity contribution is 5.87. The molecule has 0 amide bonds. The van der Waals surface area contributed by atoms with Crippen molar-refractivity contribution >= 4 is 5.71 Å². The molecule has 0 fully saturated rings. The van der Waals surface area contributed by atoms with Crippen LogP contribution in [-0.2, 0) is 0 Å². The van der Waals surface area contributed by atoms with Crippen molar-refractivity contribution in [2.75, 3.05) is 6.54 Å². The van der Waals surface area contributed by atoms with E-state index in [4.69, 9.17) is 5.73 Å². The van der Waals surface area contributed by atoms with Gasteiger partial charge in [-0.05, 0) is 11.6 Å². The summed E-state index contributed by atoms with van der Waals surface area (Å²) in [4.78, 5) is 4.06. The number of hydrogen-bond donors (Lipinski definition) is 2. The molecule has 1 aromatic rings. The summed E-state index contributed by atoms with van der Waals surface area (Å²) in [6.07, 6.45) is 4.51. The molecular weight excluding hydrogens is 164 g/mol. The zero-order valence-electron chi connectivity index (χ0n) is 7.27. The van der Waals surface area contributed by atoms with E-state index in [1.54, 1.807) is 6.20 Å². The molecule has 4 heteroatoms. The van der Waals surface area contributed by atoms with Crippen LogP contribution in [0.1, 0.15) is 18.0 Å². The lowest BCUT2D eigenvalue weighted by atomic mass is 10.1. The molecule has 0 bridgehead atoms. The molecule has 1 unspecified atom stereocenters. The Balaban J connectivity index is 2.07. The Morgan fingerprint density at radius 2 is 2.54 bits per heavy atom. The van der Waals surface area contributed by atoms with Crippen molar-refractivity contribution in [1.29, 1.82) is 0 Å². The number of aromatic nitrogens is 1. The monoisotopic (exact) mass is 176 g/mol. The number of nitrogens with zero attached hydrogens (tertiary/aromatic N) is 2. The van der Waals surface area contributed by atoms with Gasteiger partial charge in [-0.1, -0.05) is 6.07 Å². The number of hydrazone groups is 1. The molecule has 3 N–H and O–H groups in total. The van der Waals surface area contributed by atoms with E-state index in [-0.39, 0.29) is 6.04 Å². The lowest BCUT2D eigenvalue weighted by molar-refractivity contribution is 0.617. The Labute approximate surface area is 76.9 Å². The molecule has 0 spiro atoms. The van der Waals surface area contributed by atoms with E-state index >= 15 is 0 Å². The second kappa shape index (κ2) is 3.53. The molecule has 1 atom stereocenters. The van der Waals surface area contributed by atoms with Gasteiger partial charge in [0.1, 0.15) is 0 Å². The van der Waals surface area contributed by atoms with Crippen molar-refractivity contribution in [2.24, 2.45) is 10.8 Å². The SMILES string of the molecule is NCC1=NNC(c2cccnc2)C1. The van der Waals surface area contributed by atoms with E-state index in [1.165, 1.54) is 0 Å². The zero-order valence-corrected chi connectivity index (χ0v) is 7.27. The zero-order chi connectivity index (χ0) is 9.10. The van der Waals surface area contributed by atoms with Crippen LogP contribution in [0.4, 0.5) is 0 Å². The predicted octanol–water partition coefficient (Wildman–Crippen LogP) is 0.431. The van der Waals surface area contributed by atoms with Gasteiger partial charge in [-0.3, -0.25) is 4.98 Å². The van der Waals surface area contributed by atoms with Crippen molar-refractivity contribution in [3.05, 3.63) is 30.1 Å². The first-order chi connectivity index (χ1) is 6.40. The van der Waals surface area contributed by atoms with E-state index < -0.39 is 0 Å². The maximum Gasteiger partial charge on any atom is 0.0757 e. The second-order valence-electron chi connectivity index (χ2n) is 3.05. The Morgan fingerprint density at radius 1 is 1.62 bits per heavy atom. The van der Waals surface area contributed by atoms with Crippen molar-refractivity contribution in [3.8, 4) is 0 Å². The van der Waals surface area contributed by atoms with Crippen LogP contribution in [0, 0.1) is 0 Å². The van der Waals surface area contributed by atoms with E-state index in [9.17, 15) is 0 Å². The third-order valence-corrected chi connectivity index (χ3v) is 2.14. The Morgan fingerprint density at radius 3 is 3.15 bits per heavy atom. The number of hydrogen-bond acceptors (Lipinski definition) is 4. The van der Waals surface area contributed by atoms with E-state index in [0.717, 1.165) is 17.7 Å². The van der Waals surface area contributed by atoms with Crippen LogP contribution < -0.4 is 11.2 Å². The Hall–Kier alpha value is -1.42. The van der Waals surface area contributed by atoms with Crippen LogP contribution in [0.2, 0.25) is 0 Å². The highest BCUT2D eigenvalue weighted by Crippen LogP contribution is 2.19. The lowest BCUT2D eigenvalue weighted by Crippen LogP contribution is -2.13. The average molecular weight is 176 g/mol. The minimum absolute atomic E-state index is 0.257. The highest BCUT2D eigenvalue weighted by Gasteiger charge is 2.18. The van der Waals surface area contributed by atoms with Gasteiger partial charge in [-0.15, -0.1) is 0 Å². The number of rotatable bonds is 2. The maximum atomic E-state index is 5.49. The molecule has 68 valence electrons. The van der Waals surface area contributed by atoms with Crippen LogP contribution >= 0.6 is 0 Å². The summed E-state index contributed by atoms with van der Waals surface area (Å²) in [7, 11) is 0. The summed E-state index contributed by atoms with van der Waals surface area (Å²) < 4.78 is 0. The summed E-state index contributed by atoms with van der Waals surface area (Å²) >= 11 is 0. The summed E-state index contributed by atoms with van der Waals surface area (Å²) in [6.45, 7) is 0.532. The van der Waals surface area contributed by atoms with E-state index in [0.29, 0.717) is 6.54 Å². The van der Waals surface area contributed by atoms with Crippen LogP contribution in [0.15, 0.2) is 29.6 Å². The normalized spacial score (nSPS) is 21.0. The molecular formula is C9H12N4. The molecule has 0 aromatic carbocycles. The minimum atomic E-state index is 0.257. The lowest BCUT2D eigenvalue weighted by Gasteiger charge is -2.08. The molecule has 0 saturated heterocycles. The minimum Gasteiger partial charge on any atom is -0.325 e. The van der Waals surface area contributed by atoms with Crippen molar-refractivity contribution < 1.29 is 0 Å². The number of nitrogens with two attached hydrogens (primary N) is 1. The molecule has 1 aliphatic rings. The third-order valence-electron chi connectivity index (χ3n) is 2.14. The van der Waals surface area contributed by atoms with Crippen molar-refractivity contribution in [1.82, 2.24) is 10.4 Å². The van der Waals surface area contributed by atoms with Gasteiger partial charge in [-0.25, -0.2) is 0 Å². The van der Waals surface area contributed by atoms with Crippen LogP contribution in [0.5, 0.6) is 0 Å². The second-order valence-corrected chi connectivity index (χ2v) is 3.05. The maximum absolute atomic E-state index is 5.49. The van der Waals surface area contributed by atoms with Crippen LogP contribution in [0.25, 0.3) is 0 Å². The molecule has 1 aliphatic heterocycles. The van der Waals surface area contributed by atoms with Crippen LogP contribution in [-0.4, -0.2) is 17.2 Å². The van der Waals surface area contributed by atoms with Gasteiger partial charge in [0.25, 0.3) is 0 Å². The fraction of sp³-hybridized carbons (Fsp3) is 0.333. The first-order valence-corrected chi connectivity index (χ1v) is 4.31. The van der Waals surface area contributed by atoms with Gasteiger partial charge in [0.2, 0.25) is 0 Å². The largest absolute Gasteiger partial charge is 0.325 e. The predicted molar refractivity (Wildman–Crippen MR) is 51.2 cm³/mol. The van der Waals surface area contributed by atoms with Gasteiger partial charge in [0.15, 0.2) is 0 Å². The van der Waals surface area contributed by atoms with Gasteiger partial charge >= 0.3 is 0 Å². The van der Waals surface area contributed by atoms with E-state index in [2.05, 4.69) is 15.5 Å². The molecule has 2 heterocycles. The topological polar surface area (TPSA) is 63.3 Å². The van der Waals surface area contributed by atoms with Gasteiger partial charge < -0.3 is 11.2 Å². The van der Waals surface area contributed by atoms with Crippen LogP contribution in [0.3, 0.4) is 0 Å². The van der Waals surface area contributed by atoms with Crippen molar-refractivity contribution in [2.45, 2.75) is 12.5 Å². The first kappa shape index (κ1) is 8.19.